The molecule has 0 atom stereocenters. The summed E-state index contributed by atoms with van der Waals surface area (Å²) in [5.74, 6) is 6.48. The van der Waals surface area contributed by atoms with Crippen molar-refractivity contribution in [3.63, 3.8) is 0 Å². The van der Waals surface area contributed by atoms with E-state index in [1.54, 1.807) is 16.4 Å². The summed E-state index contributed by atoms with van der Waals surface area (Å²) in [6.45, 7) is 16.8. The maximum absolute atomic E-state index is 13.8. The van der Waals surface area contributed by atoms with Crippen molar-refractivity contribution in [1.82, 2.24) is 4.31 Å². The van der Waals surface area contributed by atoms with Crippen molar-refractivity contribution in [3.8, 4) is 23.8 Å². The summed E-state index contributed by atoms with van der Waals surface area (Å²) in [6.07, 6.45) is 5.65. The van der Waals surface area contributed by atoms with Gasteiger partial charge in [-0.25, -0.2) is 8.42 Å². The van der Waals surface area contributed by atoms with E-state index in [1.165, 1.54) is 5.19 Å². The molecule has 0 amide bonds. The molecule has 1 N–H and O–H groups in total. The molecule has 0 aliphatic carbocycles. The molecular formula is C32H46N2O2SSi2. The van der Waals surface area contributed by atoms with Crippen molar-refractivity contribution in [1.29, 1.82) is 0 Å². The molecule has 1 aliphatic rings. The van der Waals surface area contributed by atoms with Gasteiger partial charge in [0.2, 0.25) is 10.0 Å². The van der Waals surface area contributed by atoms with E-state index in [-0.39, 0.29) is 0 Å². The number of nitrogens with zero attached hydrogens (tertiary/aromatic N) is 1. The summed E-state index contributed by atoms with van der Waals surface area (Å²) in [5, 5.41) is 4.83. The van der Waals surface area contributed by atoms with Crippen molar-refractivity contribution < 1.29 is 8.42 Å². The molecule has 0 bridgehead atoms. The van der Waals surface area contributed by atoms with Crippen molar-refractivity contribution in [3.05, 3.63) is 52.6 Å². The van der Waals surface area contributed by atoms with Gasteiger partial charge in [-0.1, -0.05) is 89.2 Å². The van der Waals surface area contributed by atoms with Gasteiger partial charge in [0.1, 0.15) is 8.07 Å². The van der Waals surface area contributed by atoms with Crippen LogP contribution in [0, 0.1) is 30.7 Å². The van der Waals surface area contributed by atoms with E-state index in [2.05, 4.69) is 70.3 Å². The molecule has 1 aliphatic heterocycles. The molecular weight excluding hydrogens is 533 g/mol. The van der Waals surface area contributed by atoms with Crippen molar-refractivity contribution in [2.45, 2.75) is 103 Å². The SMILES string of the molecule is C#CCNc1cc([Si](CC)(CC)CC)c(C#C[Si](CC)(CC)CC)c2c1CN(S(=O)(=O)c1ccc(C)cc1)C2. The molecule has 0 saturated heterocycles. The number of rotatable bonds is 11. The fraction of sp³-hybridized carbons (Fsp3) is 0.500. The minimum absolute atomic E-state index is 0.324. The lowest BCUT2D eigenvalue weighted by Crippen LogP contribution is -2.48. The van der Waals surface area contributed by atoms with Gasteiger partial charge in [0.25, 0.3) is 0 Å². The van der Waals surface area contributed by atoms with Gasteiger partial charge >= 0.3 is 0 Å². The van der Waals surface area contributed by atoms with Crippen LogP contribution < -0.4 is 10.5 Å². The van der Waals surface area contributed by atoms with E-state index < -0.39 is 26.2 Å². The first-order chi connectivity index (χ1) is 18.6. The van der Waals surface area contributed by atoms with Crippen molar-refractivity contribution in [2.75, 3.05) is 11.9 Å². The van der Waals surface area contributed by atoms with Crippen LogP contribution in [0.5, 0.6) is 0 Å². The number of hydrogen-bond donors (Lipinski definition) is 1. The van der Waals surface area contributed by atoms with E-state index >= 15 is 0 Å². The highest BCUT2D eigenvalue weighted by molar-refractivity contribution is 7.89. The molecule has 3 rings (SSSR count). The Kier molecular flexibility index (Phi) is 10.3. The highest BCUT2D eigenvalue weighted by Gasteiger charge is 2.39. The fourth-order valence-corrected chi connectivity index (χ4v) is 13.6. The molecule has 2 aromatic carbocycles. The van der Waals surface area contributed by atoms with Crippen LogP contribution in [0.15, 0.2) is 35.2 Å². The van der Waals surface area contributed by atoms with Crippen LogP contribution in [-0.2, 0) is 23.1 Å². The Balaban J connectivity index is 2.31. The molecule has 0 spiro atoms. The first kappa shape index (κ1) is 31.2. The summed E-state index contributed by atoms with van der Waals surface area (Å²) >= 11 is 0. The summed E-state index contributed by atoms with van der Waals surface area (Å²) in [5.41, 5.74) is 9.09. The summed E-state index contributed by atoms with van der Waals surface area (Å²) in [6, 6.07) is 16.3. The molecule has 4 nitrogen and oxygen atoms in total. The van der Waals surface area contributed by atoms with Crippen LogP contribution >= 0.6 is 0 Å². The smallest absolute Gasteiger partial charge is 0.243 e. The number of hydrogen-bond acceptors (Lipinski definition) is 3. The summed E-state index contributed by atoms with van der Waals surface area (Å²) < 4.78 is 29.2. The van der Waals surface area contributed by atoms with Crippen LogP contribution in [0.4, 0.5) is 5.69 Å². The number of terminal acetylenes is 1. The Bertz CT molecular complexity index is 1360. The van der Waals surface area contributed by atoms with Crippen molar-refractivity contribution in [2.24, 2.45) is 0 Å². The lowest BCUT2D eigenvalue weighted by Gasteiger charge is -2.32. The predicted octanol–water partition coefficient (Wildman–Crippen LogP) is 6.86. The van der Waals surface area contributed by atoms with Gasteiger partial charge in [0, 0.05) is 24.3 Å². The fourth-order valence-electron chi connectivity index (χ4n) is 5.97. The molecule has 0 fully saturated rings. The predicted molar refractivity (Wildman–Crippen MR) is 172 cm³/mol. The summed E-state index contributed by atoms with van der Waals surface area (Å²) in [7, 11) is -7.24. The van der Waals surface area contributed by atoms with Crippen molar-refractivity contribution >= 4 is 37.0 Å². The molecule has 0 aromatic heterocycles. The number of sulfonamides is 1. The van der Waals surface area contributed by atoms with Crippen LogP contribution in [0.1, 0.15) is 63.8 Å². The lowest BCUT2D eigenvalue weighted by molar-refractivity contribution is 0.431. The molecule has 0 unspecified atom stereocenters. The summed E-state index contributed by atoms with van der Waals surface area (Å²) in [4.78, 5) is 0.334. The minimum atomic E-state index is -3.66. The third-order valence-electron chi connectivity index (χ3n) is 9.34. The van der Waals surface area contributed by atoms with E-state index in [4.69, 9.17) is 6.42 Å². The molecule has 39 heavy (non-hydrogen) atoms. The number of benzene rings is 2. The van der Waals surface area contributed by atoms with Gasteiger partial charge < -0.3 is 5.32 Å². The zero-order chi connectivity index (χ0) is 28.8. The van der Waals surface area contributed by atoms with Crippen LogP contribution in [0.3, 0.4) is 0 Å². The van der Waals surface area contributed by atoms with Gasteiger partial charge in [0.05, 0.1) is 19.5 Å². The molecule has 0 saturated carbocycles. The first-order valence-corrected chi connectivity index (χ1v) is 21.3. The molecule has 0 radical (unpaired) electrons. The third-order valence-corrected chi connectivity index (χ3v) is 21.5. The van der Waals surface area contributed by atoms with Crippen LogP contribution in [0.2, 0.25) is 36.3 Å². The second kappa shape index (κ2) is 12.9. The lowest BCUT2D eigenvalue weighted by atomic mass is 10.0. The number of anilines is 1. The Labute approximate surface area is 240 Å². The normalized spacial score (nSPS) is 13.9. The third kappa shape index (κ3) is 6.08. The molecule has 210 valence electrons. The Morgan fingerprint density at radius 1 is 0.897 bits per heavy atom. The Morgan fingerprint density at radius 3 is 1.97 bits per heavy atom. The minimum Gasteiger partial charge on any atom is -0.374 e. The topological polar surface area (TPSA) is 49.4 Å². The Hall–Kier alpha value is -2.30. The first-order valence-electron chi connectivity index (χ1n) is 14.6. The monoisotopic (exact) mass is 578 g/mol. The second-order valence-corrected chi connectivity index (χ2v) is 23.0. The zero-order valence-corrected chi connectivity index (χ0v) is 27.8. The maximum atomic E-state index is 13.8. The standard InChI is InChI=1S/C32H46N2O2SSi2/c1-9-21-33-31-23-32(39(13-5,14-6)15-7)28(20-22-38(10-2,11-3)12-4)29-24-34(25-30(29)31)37(35,36)27-18-16-26(8)17-19-27/h1,16-19,23,33H,10-15,21,24-25H2,2-8H3. The largest absolute Gasteiger partial charge is 0.374 e. The second-order valence-electron chi connectivity index (χ2n) is 10.9. The number of fused-ring (bicyclic) bond motifs is 1. The van der Waals surface area contributed by atoms with E-state index in [0.29, 0.717) is 24.5 Å². The average molecular weight is 579 g/mol. The van der Waals surface area contributed by atoms with Gasteiger partial charge in [-0.3, -0.25) is 0 Å². The molecule has 7 heteroatoms. The van der Waals surface area contributed by atoms with E-state index in [0.717, 1.165) is 64.2 Å². The maximum Gasteiger partial charge on any atom is 0.243 e. The average Bonchev–Trinajstić information content (AvgIpc) is 3.42. The zero-order valence-electron chi connectivity index (χ0n) is 25.0. The van der Waals surface area contributed by atoms with Gasteiger partial charge in [-0.15, -0.1) is 12.0 Å². The Morgan fingerprint density at radius 2 is 1.46 bits per heavy atom. The quantitative estimate of drug-likeness (QED) is 0.234. The highest BCUT2D eigenvalue weighted by atomic mass is 32.2. The van der Waals surface area contributed by atoms with Gasteiger partial charge in [-0.2, -0.15) is 4.31 Å². The molecule has 1 heterocycles. The van der Waals surface area contributed by atoms with Gasteiger partial charge in [0.15, 0.2) is 0 Å². The number of nitrogens with one attached hydrogen (secondary N) is 1. The van der Waals surface area contributed by atoms with E-state index in [9.17, 15) is 8.42 Å². The van der Waals surface area contributed by atoms with Crippen LogP contribution in [-0.4, -0.2) is 35.4 Å². The van der Waals surface area contributed by atoms with Gasteiger partial charge in [-0.05, 0) is 59.6 Å². The highest BCUT2D eigenvalue weighted by Crippen LogP contribution is 2.37. The van der Waals surface area contributed by atoms with E-state index in [1.807, 2.05) is 19.1 Å². The van der Waals surface area contributed by atoms with Crippen LogP contribution in [0.25, 0.3) is 0 Å². The number of aryl methyl sites for hydroxylation is 1. The molecule has 2 aromatic rings.